The minimum atomic E-state index is -0.0685. The molecule has 0 atom stereocenters. The predicted octanol–water partition coefficient (Wildman–Crippen LogP) is 2.46. The van der Waals surface area contributed by atoms with Crippen LogP contribution in [0.5, 0.6) is 0 Å². The molecule has 1 N–H and O–H groups in total. The molecule has 0 saturated heterocycles. The number of carbonyl (C=O) groups is 1. The molecular formula is C15H23ClN4O. The molecule has 0 bridgehead atoms. The molecule has 0 spiro atoms. The van der Waals surface area contributed by atoms with Crippen molar-refractivity contribution in [3.05, 3.63) is 28.8 Å². The van der Waals surface area contributed by atoms with Crippen molar-refractivity contribution in [1.82, 2.24) is 9.80 Å². The number of hydrogen-bond donors (Lipinski definition) is 1. The van der Waals surface area contributed by atoms with Crippen LogP contribution in [0.25, 0.3) is 0 Å². The molecule has 1 rings (SSSR count). The van der Waals surface area contributed by atoms with Crippen LogP contribution in [0.3, 0.4) is 0 Å². The Morgan fingerprint density at radius 1 is 1.24 bits per heavy atom. The summed E-state index contributed by atoms with van der Waals surface area (Å²) in [5, 5.41) is 3.51. The van der Waals surface area contributed by atoms with E-state index in [-0.39, 0.29) is 5.91 Å². The first-order valence-electron chi connectivity index (χ1n) is 6.77. The van der Waals surface area contributed by atoms with E-state index >= 15 is 0 Å². The molecule has 0 aliphatic heterocycles. The van der Waals surface area contributed by atoms with Crippen LogP contribution in [0.15, 0.2) is 23.2 Å². The van der Waals surface area contributed by atoms with Crippen LogP contribution in [-0.4, -0.2) is 56.4 Å². The summed E-state index contributed by atoms with van der Waals surface area (Å²) >= 11 is 6.03. The van der Waals surface area contributed by atoms with E-state index in [1.54, 1.807) is 6.07 Å². The van der Waals surface area contributed by atoms with Gasteiger partial charge in [-0.25, -0.2) is 0 Å². The van der Waals surface area contributed by atoms with Gasteiger partial charge in [-0.3, -0.25) is 9.79 Å². The highest BCUT2D eigenvalue weighted by atomic mass is 35.5. The summed E-state index contributed by atoms with van der Waals surface area (Å²) in [4.78, 5) is 20.2. The maximum absolute atomic E-state index is 11.9. The first-order chi connectivity index (χ1) is 9.82. The second kappa shape index (κ2) is 7.88. The van der Waals surface area contributed by atoms with Gasteiger partial charge in [0.2, 0.25) is 5.91 Å². The van der Waals surface area contributed by atoms with Crippen molar-refractivity contribution in [3.8, 4) is 0 Å². The van der Waals surface area contributed by atoms with Crippen LogP contribution >= 0.6 is 11.6 Å². The molecule has 1 amide bonds. The summed E-state index contributed by atoms with van der Waals surface area (Å²) in [7, 11) is 7.70. The summed E-state index contributed by atoms with van der Waals surface area (Å²) in [5.41, 5.74) is 1.62. The molecular weight excluding hydrogens is 288 g/mol. The van der Waals surface area contributed by atoms with Gasteiger partial charge in [0, 0.05) is 45.3 Å². The Morgan fingerprint density at radius 3 is 2.43 bits per heavy atom. The SMILES string of the molecule is Cc1c(Cl)cccc1NC(=O)CCN=C(N(C)C)N(C)C. The highest BCUT2D eigenvalue weighted by Crippen LogP contribution is 2.22. The molecule has 0 unspecified atom stereocenters. The van der Waals surface area contributed by atoms with Crippen LogP contribution < -0.4 is 5.32 Å². The zero-order chi connectivity index (χ0) is 16.0. The van der Waals surface area contributed by atoms with E-state index in [0.29, 0.717) is 18.0 Å². The van der Waals surface area contributed by atoms with Gasteiger partial charge < -0.3 is 15.1 Å². The molecule has 5 nitrogen and oxygen atoms in total. The highest BCUT2D eigenvalue weighted by molar-refractivity contribution is 6.31. The fourth-order valence-electron chi connectivity index (χ4n) is 1.90. The number of nitrogens with zero attached hydrogens (tertiary/aromatic N) is 3. The number of anilines is 1. The lowest BCUT2D eigenvalue weighted by atomic mass is 10.2. The molecule has 116 valence electrons. The Bertz CT molecular complexity index is 516. The first-order valence-corrected chi connectivity index (χ1v) is 7.14. The number of benzene rings is 1. The first kappa shape index (κ1) is 17.3. The minimum absolute atomic E-state index is 0.0685. The quantitative estimate of drug-likeness (QED) is 0.686. The second-order valence-electron chi connectivity index (χ2n) is 5.18. The van der Waals surface area contributed by atoms with E-state index in [0.717, 1.165) is 17.2 Å². The van der Waals surface area contributed by atoms with Crippen molar-refractivity contribution in [1.29, 1.82) is 0 Å². The largest absolute Gasteiger partial charge is 0.349 e. The van der Waals surface area contributed by atoms with Crippen LogP contribution in [-0.2, 0) is 4.79 Å². The van der Waals surface area contributed by atoms with Gasteiger partial charge in [-0.15, -0.1) is 0 Å². The maximum atomic E-state index is 11.9. The number of rotatable bonds is 4. The lowest BCUT2D eigenvalue weighted by Gasteiger charge is -2.22. The summed E-state index contributed by atoms with van der Waals surface area (Å²) in [5.74, 6) is 0.766. The Labute approximate surface area is 131 Å². The Balaban J connectivity index is 2.59. The van der Waals surface area contributed by atoms with Crippen molar-refractivity contribution in [3.63, 3.8) is 0 Å². The molecule has 0 fully saturated rings. The molecule has 1 aromatic rings. The average Bonchev–Trinajstić information content (AvgIpc) is 2.39. The minimum Gasteiger partial charge on any atom is -0.349 e. The molecule has 0 radical (unpaired) electrons. The predicted molar refractivity (Wildman–Crippen MR) is 89.1 cm³/mol. The lowest BCUT2D eigenvalue weighted by molar-refractivity contribution is -0.116. The molecule has 21 heavy (non-hydrogen) atoms. The summed E-state index contributed by atoms with van der Waals surface area (Å²) in [6, 6.07) is 5.46. The molecule has 0 aliphatic rings. The third-order valence-corrected chi connectivity index (χ3v) is 3.34. The van der Waals surface area contributed by atoms with Crippen LogP contribution in [0.4, 0.5) is 5.69 Å². The number of guanidine groups is 1. The molecule has 1 aromatic carbocycles. The second-order valence-corrected chi connectivity index (χ2v) is 5.59. The van der Waals surface area contributed by atoms with Crippen molar-refractivity contribution >= 4 is 29.2 Å². The molecule has 6 heteroatoms. The van der Waals surface area contributed by atoms with E-state index in [4.69, 9.17) is 11.6 Å². The highest BCUT2D eigenvalue weighted by Gasteiger charge is 2.08. The smallest absolute Gasteiger partial charge is 0.226 e. The maximum Gasteiger partial charge on any atom is 0.226 e. The Morgan fingerprint density at radius 2 is 1.86 bits per heavy atom. The van der Waals surface area contributed by atoms with E-state index in [1.165, 1.54) is 0 Å². The van der Waals surface area contributed by atoms with Gasteiger partial charge in [0.15, 0.2) is 5.96 Å². The number of halogens is 1. The van der Waals surface area contributed by atoms with Gasteiger partial charge in [-0.2, -0.15) is 0 Å². The van der Waals surface area contributed by atoms with Crippen LogP contribution in [0.2, 0.25) is 5.02 Å². The van der Waals surface area contributed by atoms with Crippen molar-refractivity contribution in [2.45, 2.75) is 13.3 Å². The van der Waals surface area contributed by atoms with Crippen molar-refractivity contribution in [2.24, 2.45) is 4.99 Å². The molecule has 0 aliphatic carbocycles. The van der Waals surface area contributed by atoms with Gasteiger partial charge in [0.05, 0.1) is 6.54 Å². The number of hydrogen-bond acceptors (Lipinski definition) is 2. The zero-order valence-corrected chi connectivity index (χ0v) is 14.0. The van der Waals surface area contributed by atoms with Crippen molar-refractivity contribution < 1.29 is 4.79 Å². The van der Waals surface area contributed by atoms with E-state index < -0.39 is 0 Å². The number of aliphatic imine (C=N–C) groups is 1. The number of amides is 1. The third kappa shape index (κ3) is 5.27. The van der Waals surface area contributed by atoms with E-state index in [2.05, 4.69) is 10.3 Å². The third-order valence-electron chi connectivity index (χ3n) is 2.93. The van der Waals surface area contributed by atoms with E-state index in [9.17, 15) is 4.79 Å². The zero-order valence-electron chi connectivity index (χ0n) is 13.3. The van der Waals surface area contributed by atoms with Gasteiger partial charge in [0.1, 0.15) is 0 Å². The summed E-state index contributed by atoms with van der Waals surface area (Å²) < 4.78 is 0. The number of nitrogens with one attached hydrogen (secondary N) is 1. The monoisotopic (exact) mass is 310 g/mol. The molecule has 0 aromatic heterocycles. The van der Waals surface area contributed by atoms with E-state index in [1.807, 2.05) is 57.0 Å². The summed E-state index contributed by atoms with van der Waals surface area (Å²) in [6.45, 7) is 2.32. The van der Waals surface area contributed by atoms with Gasteiger partial charge in [-0.1, -0.05) is 17.7 Å². The fraction of sp³-hybridized carbons (Fsp3) is 0.467. The van der Waals surface area contributed by atoms with Gasteiger partial charge >= 0.3 is 0 Å². The summed E-state index contributed by atoms with van der Waals surface area (Å²) in [6.07, 6.45) is 0.330. The molecule has 0 saturated carbocycles. The van der Waals surface area contributed by atoms with Gasteiger partial charge in [0.25, 0.3) is 0 Å². The normalized spacial score (nSPS) is 10.0. The fourth-order valence-corrected chi connectivity index (χ4v) is 2.07. The van der Waals surface area contributed by atoms with Gasteiger partial charge in [-0.05, 0) is 24.6 Å². The lowest BCUT2D eigenvalue weighted by Crippen LogP contribution is -2.35. The Kier molecular flexibility index (Phi) is 6.49. The van der Waals surface area contributed by atoms with Crippen LogP contribution in [0, 0.1) is 6.92 Å². The average molecular weight is 311 g/mol. The van der Waals surface area contributed by atoms with Crippen molar-refractivity contribution in [2.75, 3.05) is 40.1 Å². The Hall–Kier alpha value is -1.75. The molecule has 0 heterocycles. The number of carbonyl (C=O) groups excluding carboxylic acids is 1. The van der Waals surface area contributed by atoms with Crippen LogP contribution in [0.1, 0.15) is 12.0 Å². The standard InChI is InChI=1S/C15H23ClN4O/c1-11-12(16)7-6-8-13(11)18-14(21)9-10-17-15(19(2)3)20(4)5/h6-8H,9-10H2,1-5H3,(H,18,21). The topological polar surface area (TPSA) is 47.9 Å².